The number of hydrogen-bond acceptors (Lipinski definition) is 3. The molecule has 1 atom stereocenters. The third-order valence-corrected chi connectivity index (χ3v) is 4.66. The van der Waals surface area contributed by atoms with Gasteiger partial charge in [-0.25, -0.2) is 12.8 Å². The van der Waals surface area contributed by atoms with Crippen molar-refractivity contribution in [3.05, 3.63) is 41.6 Å². The van der Waals surface area contributed by atoms with Crippen LogP contribution in [0.4, 0.5) is 10.1 Å². The van der Waals surface area contributed by atoms with E-state index in [0.29, 0.717) is 12.2 Å². The summed E-state index contributed by atoms with van der Waals surface area (Å²) in [5.74, 6) is -0.811. The number of hydrogen-bond donors (Lipinski definition) is 0. The van der Waals surface area contributed by atoms with Crippen LogP contribution in [-0.4, -0.2) is 26.6 Å². The first-order valence-corrected chi connectivity index (χ1v) is 8.09. The monoisotopic (exact) mass is 297 g/mol. The third-order valence-electron chi connectivity index (χ3n) is 3.20. The zero-order chi connectivity index (χ0) is 14.8. The summed E-state index contributed by atoms with van der Waals surface area (Å²) in [5.41, 5.74) is 0.615. The van der Waals surface area contributed by atoms with Gasteiger partial charge in [0.1, 0.15) is 5.82 Å². The number of halogens is 1. The van der Waals surface area contributed by atoms with Crippen LogP contribution in [0.25, 0.3) is 0 Å². The molecule has 1 aromatic rings. The molecule has 20 heavy (non-hydrogen) atoms. The highest BCUT2D eigenvalue weighted by Gasteiger charge is 2.26. The SMILES string of the molecule is CCN(C(=O)CC1C=CS(=O)(=O)C1)c1ccc(F)cc1. The molecule has 4 nitrogen and oxygen atoms in total. The molecule has 0 fully saturated rings. The largest absolute Gasteiger partial charge is 0.313 e. The second-order valence-corrected chi connectivity index (χ2v) is 6.67. The molecular formula is C14H16FNO3S. The van der Waals surface area contributed by atoms with E-state index in [0.717, 1.165) is 0 Å². The highest BCUT2D eigenvalue weighted by molar-refractivity contribution is 7.94. The Labute approximate surface area is 117 Å². The Bertz CT molecular complexity index is 622. The predicted molar refractivity (Wildman–Crippen MR) is 75.5 cm³/mol. The van der Waals surface area contributed by atoms with Crippen LogP contribution in [0.3, 0.4) is 0 Å². The molecule has 0 saturated heterocycles. The number of rotatable bonds is 4. The van der Waals surface area contributed by atoms with Crippen LogP contribution in [0.5, 0.6) is 0 Å². The lowest BCUT2D eigenvalue weighted by atomic mass is 10.1. The maximum Gasteiger partial charge on any atom is 0.227 e. The van der Waals surface area contributed by atoms with Gasteiger partial charge in [-0.15, -0.1) is 0 Å². The predicted octanol–water partition coefficient (Wildman–Crippen LogP) is 2.13. The van der Waals surface area contributed by atoms with Crippen LogP contribution in [0.2, 0.25) is 0 Å². The van der Waals surface area contributed by atoms with E-state index >= 15 is 0 Å². The Morgan fingerprint density at radius 1 is 1.35 bits per heavy atom. The first kappa shape index (κ1) is 14.7. The minimum Gasteiger partial charge on any atom is -0.313 e. The number of carbonyl (C=O) groups is 1. The number of carbonyl (C=O) groups excluding carboxylic acids is 1. The van der Waals surface area contributed by atoms with Crippen molar-refractivity contribution in [1.29, 1.82) is 0 Å². The molecule has 1 aliphatic heterocycles. The molecule has 108 valence electrons. The molecular weight excluding hydrogens is 281 g/mol. The highest BCUT2D eigenvalue weighted by atomic mass is 32.2. The number of nitrogens with zero attached hydrogens (tertiary/aromatic N) is 1. The van der Waals surface area contributed by atoms with Crippen molar-refractivity contribution in [3.8, 4) is 0 Å². The first-order valence-electron chi connectivity index (χ1n) is 6.38. The van der Waals surface area contributed by atoms with Gasteiger partial charge >= 0.3 is 0 Å². The average Bonchev–Trinajstić information content (AvgIpc) is 2.72. The third kappa shape index (κ3) is 3.45. The van der Waals surface area contributed by atoms with Crippen molar-refractivity contribution < 1.29 is 17.6 Å². The molecule has 2 rings (SSSR count). The Hall–Kier alpha value is -1.69. The maximum atomic E-state index is 12.9. The van der Waals surface area contributed by atoms with Crippen LogP contribution < -0.4 is 4.90 Å². The van der Waals surface area contributed by atoms with Crippen LogP contribution in [0, 0.1) is 11.7 Å². The molecule has 1 heterocycles. The number of sulfone groups is 1. The molecule has 1 aromatic carbocycles. The summed E-state index contributed by atoms with van der Waals surface area (Å²) in [6.07, 6.45) is 1.70. The van der Waals surface area contributed by atoms with E-state index in [2.05, 4.69) is 0 Å². The molecule has 0 N–H and O–H groups in total. The molecule has 0 aliphatic carbocycles. The standard InChI is InChI=1S/C14H16FNO3S/c1-2-16(13-5-3-12(15)4-6-13)14(17)9-11-7-8-20(18,19)10-11/h3-8,11H,2,9-10H2,1H3. The summed E-state index contributed by atoms with van der Waals surface area (Å²) in [7, 11) is -3.14. The average molecular weight is 297 g/mol. The van der Waals surface area contributed by atoms with Gasteiger partial charge in [0.05, 0.1) is 5.75 Å². The van der Waals surface area contributed by atoms with Crippen molar-refractivity contribution in [2.24, 2.45) is 5.92 Å². The van der Waals surface area contributed by atoms with E-state index in [9.17, 15) is 17.6 Å². The van der Waals surface area contributed by atoms with Crippen LogP contribution in [0.15, 0.2) is 35.7 Å². The quantitative estimate of drug-likeness (QED) is 0.855. The van der Waals surface area contributed by atoms with Gasteiger partial charge in [-0.3, -0.25) is 4.79 Å². The van der Waals surface area contributed by atoms with Crippen molar-refractivity contribution in [2.75, 3.05) is 17.2 Å². The Morgan fingerprint density at radius 3 is 2.50 bits per heavy atom. The molecule has 0 bridgehead atoms. The van der Waals surface area contributed by atoms with Crippen LogP contribution >= 0.6 is 0 Å². The lowest BCUT2D eigenvalue weighted by molar-refractivity contribution is -0.119. The number of anilines is 1. The minimum absolute atomic E-state index is 0.0142. The second kappa shape index (κ2) is 5.75. The fourth-order valence-corrected chi connectivity index (χ4v) is 3.62. The van der Waals surface area contributed by atoms with E-state index in [1.54, 1.807) is 6.08 Å². The molecule has 1 unspecified atom stereocenters. The zero-order valence-electron chi connectivity index (χ0n) is 11.1. The Balaban J connectivity index is 2.07. The van der Waals surface area contributed by atoms with E-state index < -0.39 is 9.84 Å². The molecule has 1 aliphatic rings. The molecule has 0 aromatic heterocycles. The maximum absolute atomic E-state index is 12.9. The highest BCUT2D eigenvalue weighted by Crippen LogP contribution is 2.22. The number of allylic oxidation sites excluding steroid dienone is 1. The van der Waals surface area contributed by atoms with E-state index in [1.807, 2.05) is 6.92 Å². The van der Waals surface area contributed by atoms with Crippen LogP contribution in [0.1, 0.15) is 13.3 Å². The molecule has 0 spiro atoms. The van der Waals surface area contributed by atoms with Gasteiger partial charge in [-0.1, -0.05) is 6.08 Å². The van der Waals surface area contributed by atoms with Gasteiger partial charge in [-0.05, 0) is 31.2 Å². The number of benzene rings is 1. The second-order valence-electron chi connectivity index (χ2n) is 4.74. The summed E-state index contributed by atoms with van der Waals surface area (Å²) in [6, 6.07) is 5.67. The van der Waals surface area contributed by atoms with Gasteiger partial charge in [0.2, 0.25) is 5.91 Å². The van der Waals surface area contributed by atoms with Gasteiger partial charge in [0, 0.05) is 30.0 Å². The number of amides is 1. The summed E-state index contributed by atoms with van der Waals surface area (Å²) >= 11 is 0. The van der Waals surface area contributed by atoms with Gasteiger partial charge in [0.25, 0.3) is 0 Å². The molecule has 0 saturated carbocycles. The zero-order valence-corrected chi connectivity index (χ0v) is 11.9. The van der Waals surface area contributed by atoms with Gasteiger partial charge < -0.3 is 4.90 Å². The van der Waals surface area contributed by atoms with Gasteiger partial charge in [-0.2, -0.15) is 0 Å². The normalized spacial score (nSPS) is 20.0. The lowest BCUT2D eigenvalue weighted by Gasteiger charge is -2.22. The smallest absolute Gasteiger partial charge is 0.227 e. The Kier molecular flexibility index (Phi) is 4.23. The van der Waals surface area contributed by atoms with Crippen LogP contribution in [-0.2, 0) is 14.6 Å². The van der Waals surface area contributed by atoms with E-state index in [-0.39, 0.29) is 29.8 Å². The van der Waals surface area contributed by atoms with E-state index in [4.69, 9.17) is 0 Å². The molecule has 6 heteroatoms. The van der Waals surface area contributed by atoms with E-state index in [1.165, 1.54) is 34.6 Å². The summed E-state index contributed by atoms with van der Waals surface area (Å²) in [5, 5.41) is 1.17. The van der Waals surface area contributed by atoms with Gasteiger partial charge in [0.15, 0.2) is 9.84 Å². The molecule has 0 radical (unpaired) electrons. The minimum atomic E-state index is -3.14. The summed E-state index contributed by atoms with van der Waals surface area (Å²) < 4.78 is 35.5. The fraction of sp³-hybridized carbons (Fsp3) is 0.357. The summed E-state index contributed by atoms with van der Waals surface area (Å²) in [6.45, 7) is 2.27. The lowest BCUT2D eigenvalue weighted by Crippen LogP contribution is -2.32. The van der Waals surface area contributed by atoms with Crippen molar-refractivity contribution in [2.45, 2.75) is 13.3 Å². The summed E-state index contributed by atoms with van der Waals surface area (Å²) in [4.78, 5) is 13.8. The van der Waals surface area contributed by atoms with Crippen molar-refractivity contribution in [1.82, 2.24) is 0 Å². The van der Waals surface area contributed by atoms with Crippen molar-refractivity contribution >= 4 is 21.4 Å². The first-order chi connectivity index (χ1) is 9.41. The Morgan fingerprint density at radius 2 is 2.00 bits per heavy atom. The van der Waals surface area contributed by atoms with Crippen molar-refractivity contribution in [3.63, 3.8) is 0 Å². The fourth-order valence-electron chi connectivity index (χ4n) is 2.23. The molecule has 1 amide bonds. The topological polar surface area (TPSA) is 54.5 Å².